The summed E-state index contributed by atoms with van der Waals surface area (Å²) in [6, 6.07) is 3.01. The van der Waals surface area contributed by atoms with Gasteiger partial charge in [-0.15, -0.1) is 0 Å². The molecule has 6 heteroatoms. The summed E-state index contributed by atoms with van der Waals surface area (Å²) in [5.74, 6) is -0.260. The second-order valence-electron chi connectivity index (χ2n) is 3.08. The number of nitrogens with zero attached hydrogens (tertiary/aromatic N) is 1. The number of rotatable bonds is 5. The molecule has 0 spiro atoms. The van der Waals surface area contributed by atoms with Gasteiger partial charge >= 0.3 is 6.18 Å². The van der Waals surface area contributed by atoms with Crippen molar-refractivity contribution in [1.29, 1.82) is 0 Å². The van der Waals surface area contributed by atoms with Gasteiger partial charge in [0.1, 0.15) is 6.61 Å². The molecule has 0 unspecified atom stereocenters. The summed E-state index contributed by atoms with van der Waals surface area (Å²) in [5.41, 5.74) is 0.422. The Labute approximate surface area is 90.2 Å². The van der Waals surface area contributed by atoms with Crippen LogP contribution in [0, 0.1) is 0 Å². The molecule has 0 fully saturated rings. The number of halogens is 3. The first kappa shape index (κ1) is 12.6. The topological polar surface area (TPSA) is 39.2 Å². The number of Topliss-reactive ketones (excluding diaryl/α,β-unsaturated/α-hetero) is 1. The number of hydrogen-bond acceptors (Lipinski definition) is 3. The minimum Gasteiger partial charge on any atom is -0.372 e. The molecule has 16 heavy (non-hydrogen) atoms. The van der Waals surface area contributed by atoms with Gasteiger partial charge in [-0.2, -0.15) is 13.2 Å². The van der Waals surface area contributed by atoms with E-state index >= 15 is 0 Å². The summed E-state index contributed by atoms with van der Waals surface area (Å²) < 4.78 is 39.4. The molecule has 0 amide bonds. The van der Waals surface area contributed by atoms with Crippen molar-refractivity contribution >= 4 is 5.78 Å². The minimum atomic E-state index is -4.35. The van der Waals surface area contributed by atoms with E-state index in [0.717, 1.165) is 0 Å². The van der Waals surface area contributed by atoms with Crippen LogP contribution in [0.4, 0.5) is 13.2 Å². The zero-order valence-corrected chi connectivity index (χ0v) is 8.33. The third-order valence-corrected chi connectivity index (χ3v) is 1.74. The Morgan fingerprint density at radius 3 is 2.50 bits per heavy atom. The molecule has 0 aliphatic rings. The van der Waals surface area contributed by atoms with Crippen LogP contribution in [-0.2, 0) is 4.74 Å². The van der Waals surface area contributed by atoms with E-state index in [4.69, 9.17) is 0 Å². The smallest absolute Gasteiger partial charge is 0.372 e. The number of hydrogen-bond donors (Lipinski definition) is 0. The quantitative estimate of drug-likeness (QED) is 0.578. The van der Waals surface area contributed by atoms with Gasteiger partial charge in [-0.1, -0.05) is 0 Å². The number of alkyl halides is 3. The fourth-order valence-electron chi connectivity index (χ4n) is 1.03. The van der Waals surface area contributed by atoms with E-state index in [1.807, 2.05) is 0 Å². The van der Waals surface area contributed by atoms with E-state index in [2.05, 4.69) is 9.72 Å². The van der Waals surface area contributed by atoms with E-state index < -0.39 is 12.8 Å². The molecule has 0 aliphatic carbocycles. The molecular weight excluding hydrogens is 223 g/mol. The van der Waals surface area contributed by atoms with Crippen LogP contribution in [0.5, 0.6) is 0 Å². The highest BCUT2D eigenvalue weighted by molar-refractivity contribution is 5.95. The highest BCUT2D eigenvalue weighted by Gasteiger charge is 2.27. The fraction of sp³-hybridized carbons (Fsp3) is 0.400. The van der Waals surface area contributed by atoms with Crippen molar-refractivity contribution in [2.75, 3.05) is 13.2 Å². The van der Waals surface area contributed by atoms with Gasteiger partial charge in [0.05, 0.1) is 6.61 Å². The first-order chi connectivity index (χ1) is 7.49. The lowest BCUT2D eigenvalue weighted by atomic mass is 10.1. The number of pyridine rings is 1. The number of carbonyl (C=O) groups excluding carboxylic acids is 1. The fourth-order valence-corrected chi connectivity index (χ4v) is 1.03. The normalized spacial score (nSPS) is 11.4. The average Bonchev–Trinajstić information content (AvgIpc) is 2.24. The van der Waals surface area contributed by atoms with Crippen molar-refractivity contribution in [1.82, 2.24) is 4.98 Å². The summed E-state index contributed by atoms with van der Waals surface area (Å²) in [5, 5.41) is 0. The van der Waals surface area contributed by atoms with E-state index in [1.54, 1.807) is 0 Å². The highest BCUT2D eigenvalue weighted by Crippen LogP contribution is 2.14. The van der Waals surface area contributed by atoms with Crippen molar-refractivity contribution < 1.29 is 22.7 Å². The van der Waals surface area contributed by atoms with Gasteiger partial charge in [0.15, 0.2) is 5.78 Å². The maximum atomic E-state index is 11.7. The lowest BCUT2D eigenvalue weighted by Crippen LogP contribution is -2.18. The summed E-state index contributed by atoms with van der Waals surface area (Å²) in [4.78, 5) is 15.1. The second-order valence-corrected chi connectivity index (χ2v) is 3.08. The standard InChI is InChI=1S/C10H10F3NO2/c11-10(12,13)7-16-6-3-9(15)8-1-4-14-5-2-8/h1-2,4-5H,3,6-7H2. The Morgan fingerprint density at radius 1 is 1.31 bits per heavy atom. The van der Waals surface area contributed by atoms with Gasteiger partial charge in [0, 0.05) is 24.4 Å². The predicted octanol–water partition coefficient (Wildman–Crippen LogP) is 2.23. The molecular formula is C10H10F3NO2. The molecule has 0 N–H and O–H groups in total. The van der Waals surface area contributed by atoms with Crippen molar-refractivity contribution in [3.8, 4) is 0 Å². The van der Waals surface area contributed by atoms with Gasteiger partial charge < -0.3 is 4.74 Å². The first-order valence-corrected chi connectivity index (χ1v) is 4.57. The van der Waals surface area contributed by atoms with Crippen LogP contribution in [0.25, 0.3) is 0 Å². The maximum Gasteiger partial charge on any atom is 0.411 e. The second kappa shape index (κ2) is 5.60. The molecule has 0 aromatic carbocycles. The Hall–Kier alpha value is -1.43. The third-order valence-electron chi connectivity index (χ3n) is 1.74. The monoisotopic (exact) mass is 233 g/mol. The molecule has 0 atom stereocenters. The van der Waals surface area contributed by atoms with Gasteiger partial charge in [-0.3, -0.25) is 9.78 Å². The van der Waals surface area contributed by atoms with Crippen LogP contribution < -0.4 is 0 Å². The van der Waals surface area contributed by atoms with Crippen molar-refractivity contribution in [3.05, 3.63) is 30.1 Å². The number of aromatic nitrogens is 1. The van der Waals surface area contributed by atoms with E-state index in [9.17, 15) is 18.0 Å². The molecule has 0 radical (unpaired) electrons. The van der Waals surface area contributed by atoms with Gasteiger partial charge in [0.25, 0.3) is 0 Å². The van der Waals surface area contributed by atoms with E-state index in [1.165, 1.54) is 24.5 Å². The SMILES string of the molecule is O=C(CCOCC(F)(F)F)c1ccncc1. The van der Waals surface area contributed by atoms with Crippen LogP contribution in [0.3, 0.4) is 0 Å². The van der Waals surface area contributed by atoms with Crippen molar-refractivity contribution in [2.45, 2.75) is 12.6 Å². The summed E-state index contributed by atoms with van der Waals surface area (Å²) >= 11 is 0. The van der Waals surface area contributed by atoms with Crippen LogP contribution in [-0.4, -0.2) is 30.2 Å². The molecule has 88 valence electrons. The third kappa shape index (κ3) is 4.88. The predicted molar refractivity (Wildman–Crippen MR) is 50.1 cm³/mol. The van der Waals surface area contributed by atoms with E-state index in [0.29, 0.717) is 5.56 Å². The Balaban J connectivity index is 2.27. The molecule has 0 bridgehead atoms. The Morgan fingerprint density at radius 2 is 1.94 bits per heavy atom. The van der Waals surface area contributed by atoms with Gasteiger partial charge in [0.2, 0.25) is 0 Å². The molecule has 0 aliphatic heterocycles. The molecule has 0 saturated heterocycles. The highest BCUT2D eigenvalue weighted by atomic mass is 19.4. The molecule has 1 rings (SSSR count). The van der Waals surface area contributed by atoms with E-state index in [-0.39, 0.29) is 18.8 Å². The van der Waals surface area contributed by atoms with Gasteiger partial charge in [-0.05, 0) is 12.1 Å². The van der Waals surface area contributed by atoms with Crippen molar-refractivity contribution in [3.63, 3.8) is 0 Å². The molecule has 1 aromatic heterocycles. The average molecular weight is 233 g/mol. The maximum absolute atomic E-state index is 11.7. The van der Waals surface area contributed by atoms with Crippen LogP contribution in [0.15, 0.2) is 24.5 Å². The van der Waals surface area contributed by atoms with Gasteiger partial charge in [-0.25, -0.2) is 0 Å². The molecule has 1 heterocycles. The Bertz CT molecular complexity index is 338. The van der Waals surface area contributed by atoms with Crippen molar-refractivity contribution in [2.24, 2.45) is 0 Å². The Kier molecular flexibility index (Phi) is 4.42. The number of ether oxygens (including phenoxy) is 1. The number of ketones is 1. The lowest BCUT2D eigenvalue weighted by Gasteiger charge is -2.06. The molecule has 0 saturated carbocycles. The van der Waals surface area contributed by atoms with Crippen LogP contribution in [0.2, 0.25) is 0 Å². The van der Waals surface area contributed by atoms with Crippen LogP contribution in [0.1, 0.15) is 16.8 Å². The molecule has 3 nitrogen and oxygen atoms in total. The van der Waals surface area contributed by atoms with Crippen LogP contribution >= 0.6 is 0 Å². The summed E-state index contributed by atoms with van der Waals surface area (Å²) in [6.45, 7) is -1.56. The molecule has 1 aromatic rings. The summed E-state index contributed by atoms with van der Waals surface area (Å²) in [7, 11) is 0. The minimum absolute atomic E-state index is 0.0694. The zero-order chi connectivity index (χ0) is 12.0. The number of carbonyl (C=O) groups is 1. The lowest BCUT2D eigenvalue weighted by molar-refractivity contribution is -0.173. The zero-order valence-electron chi connectivity index (χ0n) is 8.33. The largest absolute Gasteiger partial charge is 0.411 e. The first-order valence-electron chi connectivity index (χ1n) is 4.57. The summed E-state index contributed by atoms with van der Waals surface area (Å²) in [6.07, 6.45) is -1.52.